The quantitative estimate of drug-likeness (QED) is 0.531. The monoisotopic (exact) mass is 527 g/mol. The Labute approximate surface area is 222 Å². The number of nitrogens with one attached hydrogen (secondary N) is 1. The molecule has 2 amide bonds. The van der Waals surface area contributed by atoms with Gasteiger partial charge in [0.15, 0.2) is 5.69 Å². The van der Waals surface area contributed by atoms with Crippen molar-refractivity contribution in [3.8, 4) is 0 Å². The number of oxazole rings is 1. The maximum Gasteiger partial charge on any atom is 0.311 e. The largest absolute Gasteiger partial charge is 0.461 e. The number of amides is 2. The summed E-state index contributed by atoms with van der Waals surface area (Å²) < 4.78 is 11.2. The number of rotatable bonds is 1. The number of fused-ring (bicyclic) bond motifs is 4. The highest BCUT2D eigenvalue weighted by atomic mass is 16.5. The first kappa shape index (κ1) is 29.0. The molecule has 1 fully saturated rings. The van der Waals surface area contributed by atoms with Gasteiger partial charge in [0.1, 0.15) is 18.2 Å². The molecule has 1 aromatic rings. The molecule has 1 aromatic heterocycles. The van der Waals surface area contributed by atoms with Crippen molar-refractivity contribution in [2.75, 3.05) is 19.6 Å². The summed E-state index contributed by atoms with van der Waals surface area (Å²) in [7, 11) is 0. The summed E-state index contributed by atoms with van der Waals surface area (Å²) in [4.78, 5) is 56.2. The fraction of sp³-hybridized carbons (Fsp3) is 0.536. The van der Waals surface area contributed by atoms with Crippen molar-refractivity contribution in [3.05, 3.63) is 53.8 Å². The summed E-state index contributed by atoms with van der Waals surface area (Å²) in [5, 5.41) is 13.0. The van der Waals surface area contributed by atoms with E-state index in [1.807, 2.05) is 20.8 Å². The summed E-state index contributed by atoms with van der Waals surface area (Å²) in [6.45, 7) is 8.42. The van der Waals surface area contributed by atoms with Gasteiger partial charge in [-0.05, 0) is 25.3 Å². The lowest BCUT2D eigenvalue weighted by atomic mass is 9.94. The van der Waals surface area contributed by atoms with Crippen molar-refractivity contribution in [2.24, 2.45) is 17.8 Å². The molecule has 10 nitrogen and oxygen atoms in total. The standard InChI is InChI=1S/C28H37N3O7/c1-17(2)26-19(4)7-8-24(34)29-10-5-6-18(3)12-21(32)13-22(33)14-25-30-23(16-37-25)27(35)31-11-9-20(15-31)28(36)38-26/h5-8,12,16-17,19-21,26,32H,9-11,13-15H2,1-4H3,(H,29,34)/b6-5+,8-7+,18-12+/t19-,20+,21-,26+/m1/s1. The van der Waals surface area contributed by atoms with Crippen LogP contribution in [0.4, 0.5) is 0 Å². The van der Waals surface area contributed by atoms with Crippen LogP contribution in [0, 0.1) is 17.8 Å². The van der Waals surface area contributed by atoms with Crippen molar-refractivity contribution in [2.45, 2.75) is 59.2 Å². The Morgan fingerprint density at radius 2 is 1.95 bits per heavy atom. The zero-order valence-electron chi connectivity index (χ0n) is 22.4. The van der Waals surface area contributed by atoms with Crippen LogP contribution >= 0.6 is 0 Å². The maximum absolute atomic E-state index is 13.0. The minimum atomic E-state index is -0.997. The van der Waals surface area contributed by atoms with Gasteiger partial charge in [0.2, 0.25) is 11.8 Å². The van der Waals surface area contributed by atoms with Crippen LogP contribution in [-0.2, 0) is 25.5 Å². The Morgan fingerprint density at radius 1 is 1.18 bits per heavy atom. The second kappa shape index (κ2) is 13.3. The lowest BCUT2D eigenvalue weighted by molar-refractivity contribution is -0.157. The van der Waals surface area contributed by atoms with Gasteiger partial charge in [0, 0.05) is 32.0 Å². The third-order valence-electron chi connectivity index (χ3n) is 6.57. The van der Waals surface area contributed by atoms with Gasteiger partial charge in [0.25, 0.3) is 5.91 Å². The van der Waals surface area contributed by atoms with Crippen LogP contribution in [0.3, 0.4) is 0 Å². The van der Waals surface area contributed by atoms with Crippen molar-refractivity contribution >= 4 is 23.6 Å². The van der Waals surface area contributed by atoms with Crippen LogP contribution in [0.5, 0.6) is 0 Å². The van der Waals surface area contributed by atoms with E-state index >= 15 is 0 Å². The number of nitrogens with zero attached hydrogens (tertiary/aromatic N) is 2. The smallest absolute Gasteiger partial charge is 0.311 e. The lowest BCUT2D eigenvalue weighted by Crippen LogP contribution is -2.34. The predicted octanol–water partition coefficient (Wildman–Crippen LogP) is 2.39. The van der Waals surface area contributed by atoms with Crippen molar-refractivity contribution in [1.82, 2.24) is 15.2 Å². The van der Waals surface area contributed by atoms with Crippen molar-refractivity contribution in [3.63, 3.8) is 0 Å². The normalized spacial score (nSPS) is 29.7. The van der Waals surface area contributed by atoms with Gasteiger partial charge in [-0.25, -0.2) is 4.98 Å². The van der Waals surface area contributed by atoms with E-state index in [1.54, 1.807) is 31.2 Å². The first-order valence-corrected chi connectivity index (χ1v) is 13.0. The number of carbonyl (C=O) groups excluding carboxylic acids is 4. The molecule has 4 bridgehead atoms. The number of hydrogen-bond acceptors (Lipinski definition) is 8. The third-order valence-corrected chi connectivity index (χ3v) is 6.57. The average Bonchev–Trinajstić information content (AvgIpc) is 3.52. The summed E-state index contributed by atoms with van der Waals surface area (Å²) in [5.41, 5.74) is 0.794. The fourth-order valence-electron chi connectivity index (χ4n) is 4.57. The van der Waals surface area contributed by atoms with E-state index < -0.39 is 18.1 Å². The molecule has 1 saturated heterocycles. The number of allylic oxidation sites excluding steroid dienone is 2. The second-order valence-corrected chi connectivity index (χ2v) is 10.3. The van der Waals surface area contributed by atoms with Crippen molar-refractivity contribution < 1.29 is 33.4 Å². The summed E-state index contributed by atoms with van der Waals surface area (Å²) >= 11 is 0. The first-order valence-electron chi connectivity index (χ1n) is 13.0. The number of carbonyl (C=O) groups is 4. The Balaban J connectivity index is 1.79. The number of hydrogen-bond donors (Lipinski definition) is 2. The zero-order valence-corrected chi connectivity index (χ0v) is 22.4. The van der Waals surface area contributed by atoms with Gasteiger partial charge in [-0.3, -0.25) is 19.2 Å². The molecule has 2 N–H and O–H groups in total. The number of aliphatic hydroxyl groups excluding tert-OH is 1. The summed E-state index contributed by atoms with van der Waals surface area (Å²) in [6, 6.07) is 0. The van der Waals surface area contributed by atoms with E-state index in [0.29, 0.717) is 13.0 Å². The van der Waals surface area contributed by atoms with Crippen LogP contribution in [0.25, 0.3) is 0 Å². The third kappa shape index (κ3) is 8.24. The number of esters is 1. The highest BCUT2D eigenvalue weighted by molar-refractivity contribution is 5.93. The topological polar surface area (TPSA) is 139 Å². The number of aliphatic hydroxyl groups is 1. The van der Waals surface area contributed by atoms with Gasteiger partial charge in [-0.1, -0.05) is 50.6 Å². The molecule has 2 aliphatic rings. The van der Waals surface area contributed by atoms with Crippen LogP contribution < -0.4 is 5.32 Å². The Morgan fingerprint density at radius 3 is 2.68 bits per heavy atom. The number of ether oxygens (including phenoxy) is 1. The first-order chi connectivity index (χ1) is 18.0. The van der Waals surface area contributed by atoms with Crippen LogP contribution in [0.2, 0.25) is 0 Å². The van der Waals surface area contributed by atoms with E-state index in [0.717, 1.165) is 5.57 Å². The molecule has 206 valence electrons. The molecule has 2 aliphatic heterocycles. The number of ketones is 1. The van der Waals surface area contributed by atoms with E-state index in [1.165, 1.54) is 17.2 Å². The van der Waals surface area contributed by atoms with E-state index in [-0.39, 0.29) is 72.9 Å². The lowest BCUT2D eigenvalue weighted by Gasteiger charge is -2.27. The molecular formula is C28H37N3O7. The fourth-order valence-corrected chi connectivity index (χ4v) is 4.57. The zero-order chi connectivity index (χ0) is 27.8. The molecule has 3 rings (SSSR count). The molecule has 0 spiro atoms. The highest BCUT2D eigenvalue weighted by Gasteiger charge is 2.36. The van der Waals surface area contributed by atoms with Gasteiger partial charge < -0.3 is 24.5 Å². The van der Waals surface area contributed by atoms with Gasteiger partial charge in [-0.2, -0.15) is 0 Å². The maximum atomic E-state index is 13.0. The molecule has 4 atom stereocenters. The van der Waals surface area contributed by atoms with Gasteiger partial charge >= 0.3 is 5.97 Å². The van der Waals surface area contributed by atoms with Crippen molar-refractivity contribution in [1.29, 1.82) is 0 Å². The Bertz CT molecular complexity index is 1120. The van der Waals surface area contributed by atoms with E-state index in [2.05, 4.69) is 10.3 Å². The predicted molar refractivity (Wildman–Crippen MR) is 139 cm³/mol. The Hall–Kier alpha value is -3.53. The Kier molecular flexibility index (Phi) is 10.2. The molecule has 0 aromatic carbocycles. The van der Waals surface area contributed by atoms with Crippen LogP contribution in [0.15, 0.2) is 46.6 Å². The molecule has 10 heteroatoms. The SMILES string of the molecule is CC1=C\[C@@H](O)CC(=O)Cc2nc(co2)C(=O)N2CC[C@@H](C2)C(=O)O[C@@H](C(C)C)[C@H](C)/C=C/C(=O)NC\C=C\1. The average molecular weight is 528 g/mol. The summed E-state index contributed by atoms with van der Waals surface area (Å²) in [6.07, 6.45) is 8.13. The molecule has 0 aliphatic carbocycles. The minimum Gasteiger partial charge on any atom is -0.461 e. The molecule has 0 unspecified atom stereocenters. The molecule has 3 heterocycles. The number of Topliss-reactive ketones (excluding diaryl/α,β-unsaturated/α-hetero) is 1. The second-order valence-electron chi connectivity index (χ2n) is 10.3. The van der Waals surface area contributed by atoms with Crippen LogP contribution in [0.1, 0.15) is 56.9 Å². The number of cyclic esters (lactones) is 1. The molecule has 38 heavy (non-hydrogen) atoms. The summed E-state index contributed by atoms with van der Waals surface area (Å²) in [5.74, 6) is -1.90. The minimum absolute atomic E-state index is 0.0173. The highest BCUT2D eigenvalue weighted by Crippen LogP contribution is 2.24. The number of aromatic nitrogens is 1. The van der Waals surface area contributed by atoms with Crippen LogP contribution in [-0.4, -0.2) is 70.4 Å². The molecule has 0 radical (unpaired) electrons. The van der Waals surface area contributed by atoms with E-state index in [4.69, 9.17) is 9.15 Å². The van der Waals surface area contributed by atoms with E-state index in [9.17, 15) is 24.3 Å². The van der Waals surface area contributed by atoms with Gasteiger partial charge in [-0.15, -0.1) is 0 Å². The molecule has 0 saturated carbocycles. The molecular weight excluding hydrogens is 490 g/mol. The van der Waals surface area contributed by atoms with Gasteiger partial charge in [0.05, 0.1) is 18.4 Å².